The largest absolute Gasteiger partial charge is 0.307 e. The minimum absolute atomic E-state index is 0.567. The molecule has 1 N–H and O–H groups in total. The molecule has 1 aromatic rings. The number of nitrogens with zero attached hydrogens (tertiary/aromatic N) is 1. The highest BCUT2D eigenvalue weighted by molar-refractivity contribution is 7.09. The van der Waals surface area contributed by atoms with Crippen LogP contribution in [0.3, 0.4) is 0 Å². The molecule has 1 saturated carbocycles. The third kappa shape index (κ3) is 2.09. The fourth-order valence-corrected chi connectivity index (χ4v) is 2.02. The van der Waals surface area contributed by atoms with E-state index in [9.17, 15) is 0 Å². The first-order valence-electron chi connectivity index (χ1n) is 4.82. The Morgan fingerprint density at radius 3 is 3.00 bits per heavy atom. The van der Waals surface area contributed by atoms with E-state index in [2.05, 4.69) is 24.1 Å². The summed E-state index contributed by atoms with van der Waals surface area (Å²) < 4.78 is 0. The van der Waals surface area contributed by atoms with E-state index in [1.165, 1.54) is 17.8 Å². The minimum atomic E-state index is 0.567. The van der Waals surface area contributed by atoms with Crippen molar-refractivity contribution in [2.24, 2.45) is 5.41 Å². The molecule has 0 bridgehead atoms. The topological polar surface area (TPSA) is 24.9 Å². The van der Waals surface area contributed by atoms with Crippen LogP contribution in [0.5, 0.6) is 0 Å². The maximum atomic E-state index is 4.25. The lowest BCUT2D eigenvalue weighted by Crippen LogP contribution is -2.32. The summed E-state index contributed by atoms with van der Waals surface area (Å²) >= 11 is 1.72. The Morgan fingerprint density at radius 2 is 2.46 bits per heavy atom. The lowest BCUT2D eigenvalue weighted by atomic mass is 10.0. The summed E-state index contributed by atoms with van der Waals surface area (Å²) in [5.41, 5.74) is 0.567. The van der Waals surface area contributed by atoms with Gasteiger partial charge >= 0.3 is 0 Å². The Kier molecular flexibility index (Phi) is 2.39. The zero-order valence-electron chi connectivity index (χ0n) is 8.21. The van der Waals surface area contributed by atoms with Crippen molar-refractivity contribution < 1.29 is 0 Å². The van der Waals surface area contributed by atoms with E-state index in [-0.39, 0.29) is 0 Å². The van der Waals surface area contributed by atoms with Gasteiger partial charge in [-0.25, -0.2) is 4.98 Å². The second-order valence-electron chi connectivity index (χ2n) is 4.18. The molecule has 0 amide bonds. The van der Waals surface area contributed by atoms with Crippen molar-refractivity contribution in [3.8, 4) is 0 Å². The molecule has 1 aromatic heterocycles. The molecule has 1 unspecified atom stereocenters. The molecule has 0 spiro atoms. The molecule has 1 fully saturated rings. The highest BCUT2D eigenvalue weighted by Gasteiger charge is 2.42. The Labute approximate surface area is 83.4 Å². The monoisotopic (exact) mass is 196 g/mol. The van der Waals surface area contributed by atoms with Gasteiger partial charge in [0.15, 0.2) is 0 Å². The van der Waals surface area contributed by atoms with E-state index < -0.39 is 0 Å². The van der Waals surface area contributed by atoms with E-state index in [4.69, 9.17) is 0 Å². The Hall–Kier alpha value is -0.410. The SMILES string of the molecule is CC(NCc1nccs1)C1(C)CC1. The van der Waals surface area contributed by atoms with Gasteiger partial charge in [0.2, 0.25) is 0 Å². The van der Waals surface area contributed by atoms with E-state index in [0.29, 0.717) is 11.5 Å². The van der Waals surface area contributed by atoms with Crippen LogP contribution in [0.15, 0.2) is 11.6 Å². The van der Waals surface area contributed by atoms with E-state index >= 15 is 0 Å². The second kappa shape index (κ2) is 3.39. The predicted octanol–water partition coefficient (Wildman–Crippen LogP) is 2.42. The molecule has 2 rings (SSSR count). The number of rotatable bonds is 4. The summed E-state index contributed by atoms with van der Waals surface area (Å²) in [6.45, 7) is 5.56. The lowest BCUT2D eigenvalue weighted by Gasteiger charge is -2.19. The zero-order valence-corrected chi connectivity index (χ0v) is 9.03. The zero-order chi connectivity index (χ0) is 9.31. The summed E-state index contributed by atoms with van der Waals surface area (Å²) in [7, 11) is 0. The minimum Gasteiger partial charge on any atom is -0.307 e. The summed E-state index contributed by atoms with van der Waals surface area (Å²) in [5.74, 6) is 0. The number of nitrogens with one attached hydrogen (secondary N) is 1. The van der Waals surface area contributed by atoms with Gasteiger partial charge in [0.05, 0.1) is 0 Å². The molecule has 1 heterocycles. The molecule has 0 radical (unpaired) electrons. The Bertz CT molecular complexity index is 264. The quantitative estimate of drug-likeness (QED) is 0.800. The number of hydrogen-bond acceptors (Lipinski definition) is 3. The second-order valence-corrected chi connectivity index (χ2v) is 5.16. The summed E-state index contributed by atoms with van der Waals surface area (Å²) in [5, 5.41) is 6.75. The van der Waals surface area contributed by atoms with Crippen LogP contribution in [0.2, 0.25) is 0 Å². The van der Waals surface area contributed by atoms with Crippen molar-refractivity contribution in [2.75, 3.05) is 0 Å². The molecule has 1 aliphatic rings. The van der Waals surface area contributed by atoms with Crippen LogP contribution in [0.25, 0.3) is 0 Å². The van der Waals surface area contributed by atoms with Crippen molar-refractivity contribution >= 4 is 11.3 Å². The van der Waals surface area contributed by atoms with Crippen LogP contribution in [-0.2, 0) is 6.54 Å². The standard InChI is InChI=1S/C10H16N2S/c1-8(10(2)3-4-10)12-7-9-11-5-6-13-9/h5-6,8,12H,3-4,7H2,1-2H3. The molecule has 1 aliphatic carbocycles. The van der Waals surface area contributed by atoms with Gasteiger partial charge in [-0.05, 0) is 25.2 Å². The van der Waals surface area contributed by atoms with Crippen LogP contribution in [-0.4, -0.2) is 11.0 Å². The van der Waals surface area contributed by atoms with Crippen molar-refractivity contribution in [2.45, 2.75) is 39.3 Å². The van der Waals surface area contributed by atoms with Gasteiger partial charge in [-0.3, -0.25) is 0 Å². The summed E-state index contributed by atoms with van der Waals surface area (Å²) in [6, 6.07) is 0.622. The number of hydrogen-bond donors (Lipinski definition) is 1. The summed E-state index contributed by atoms with van der Waals surface area (Å²) in [4.78, 5) is 4.25. The first-order valence-corrected chi connectivity index (χ1v) is 5.70. The van der Waals surface area contributed by atoms with Crippen molar-refractivity contribution in [3.63, 3.8) is 0 Å². The molecule has 2 nitrogen and oxygen atoms in total. The summed E-state index contributed by atoms with van der Waals surface area (Å²) in [6.07, 6.45) is 4.61. The van der Waals surface area contributed by atoms with E-state index in [0.717, 1.165) is 6.54 Å². The first-order chi connectivity index (χ1) is 6.21. The Morgan fingerprint density at radius 1 is 1.69 bits per heavy atom. The van der Waals surface area contributed by atoms with Crippen molar-refractivity contribution in [1.82, 2.24) is 10.3 Å². The molecule has 13 heavy (non-hydrogen) atoms. The third-order valence-corrected chi connectivity index (χ3v) is 3.91. The molecule has 0 aromatic carbocycles. The van der Waals surface area contributed by atoms with E-state index in [1.54, 1.807) is 11.3 Å². The molecule has 1 atom stereocenters. The van der Waals surface area contributed by atoms with Crippen LogP contribution < -0.4 is 5.32 Å². The maximum absolute atomic E-state index is 4.25. The predicted molar refractivity (Wildman–Crippen MR) is 55.8 cm³/mol. The molecule has 3 heteroatoms. The number of aromatic nitrogens is 1. The molecule has 0 aliphatic heterocycles. The average Bonchev–Trinajstić information content (AvgIpc) is 2.70. The first kappa shape index (κ1) is 9.16. The van der Waals surface area contributed by atoms with Crippen molar-refractivity contribution in [1.29, 1.82) is 0 Å². The number of thiazole rings is 1. The van der Waals surface area contributed by atoms with Gasteiger partial charge in [0.25, 0.3) is 0 Å². The molecular weight excluding hydrogens is 180 g/mol. The van der Waals surface area contributed by atoms with Gasteiger partial charge in [0.1, 0.15) is 5.01 Å². The average molecular weight is 196 g/mol. The van der Waals surface area contributed by atoms with Gasteiger partial charge in [-0.1, -0.05) is 6.92 Å². The van der Waals surface area contributed by atoms with Crippen LogP contribution >= 0.6 is 11.3 Å². The van der Waals surface area contributed by atoms with Gasteiger partial charge < -0.3 is 5.32 Å². The normalized spacial score (nSPS) is 21.4. The maximum Gasteiger partial charge on any atom is 0.106 e. The molecular formula is C10H16N2S. The van der Waals surface area contributed by atoms with Gasteiger partial charge in [0, 0.05) is 24.2 Å². The molecule has 0 saturated heterocycles. The lowest BCUT2D eigenvalue weighted by molar-refractivity contribution is 0.379. The fourth-order valence-electron chi connectivity index (χ4n) is 1.46. The van der Waals surface area contributed by atoms with E-state index in [1.807, 2.05) is 11.6 Å². The van der Waals surface area contributed by atoms with Gasteiger partial charge in [-0.2, -0.15) is 0 Å². The smallest absolute Gasteiger partial charge is 0.106 e. The third-order valence-electron chi connectivity index (χ3n) is 3.13. The van der Waals surface area contributed by atoms with Crippen molar-refractivity contribution in [3.05, 3.63) is 16.6 Å². The molecule has 72 valence electrons. The van der Waals surface area contributed by atoms with Crippen LogP contribution in [0, 0.1) is 5.41 Å². The Balaban J connectivity index is 1.79. The highest BCUT2D eigenvalue weighted by Crippen LogP contribution is 2.47. The van der Waals surface area contributed by atoms with Crippen LogP contribution in [0.4, 0.5) is 0 Å². The van der Waals surface area contributed by atoms with Gasteiger partial charge in [-0.15, -0.1) is 11.3 Å². The van der Waals surface area contributed by atoms with Crippen LogP contribution in [0.1, 0.15) is 31.7 Å². The fraction of sp³-hybridized carbons (Fsp3) is 0.700. The highest BCUT2D eigenvalue weighted by atomic mass is 32.1.